The number of hydrogen-bond donors (Lipinski definition) is 4. The van der Waals surface area contributed by atoms with Crippen LogP contribution in [-0.4, -0.2) is 33.9 Å². The van der Waals surface area contributed by atoms with Crippen molar-refractivity contribution >= 4 is 28.8 Å². The number of allylic oxidation sites excluding steroid dienone is 1. The maximum Gasteiger partial charge on any atom is 0.255 e. The molecule has 1 amide bonds. The van der Waals surface area contributed by atoms with Gasteiger partial charge in [0.15, 0.2) is 11.6 Å². The fraction of sp³-hybridized carbons (Fsp3) is 0.0800. The van der Waals surface area contributed by atoms with Crippen molar-refractivity contribution in [1.29, 1.82) is 5.41 Å². The average Bonchev–Trinajstić information content (AvgIpc) is 3.43. The predicted molar refractivity (Wildman–Crippen MR) is 132 cm³/mol. The fourth-order valence-corrected chi connectivity index (χ4v) is 3.17. The summed E-state index contributed by atoms with van der Waals surface area (Å²) in [6.45, 7) is 0.151. The molecule has 0 aliphatic carbocycles. The molecule has 0 aliphatic heterocycles. The number of benzene rings is 2. The van der Waals surface area contributed by atoms with Crippen LogP contribution in [0.25, 0.3) is 5.70 Å². The van der Waals surface area contributed by atoms with Crippen molar-refractivity contribution in [3.63, 3.8) is 0 Å². The van der Waals surface area contributed by atoms with E-state index in [2.05, 4.69) is 25.8 Å². The number of nitrogens with zero attached hydrogens (tertiary/aromatic N) is 3. The van der Waals surface area contributed by atoms with Gasteiger partial charge in [0.05, 0.1) is 19.0 Å². The summed E-state index contributed by atoms with van der Waals surface area (Å²) in [5.74, 6) is -0.131. The second-order valence-corrected chi connectivity index (χ2v) is 7.48. The number of amides is 1. The lowest BCUT2D eigenvalue weighted by Crippen LogP contribution is -2.17. The molecule has 0 aliphatic rings. The smallest absolute Gasteiger partial charge is 0.255 e. The first-order valence-corrected chi connectivity index (χ1v) is 10.7. The van der Waals surface area contributed by atoms with Gasteiger partial charge in [-0.2, -0.15) is 0 Å². The van der Waals surface area contributed by atoms with Crippen LogP contribution in [0.3, 0.4) is 0 Å². The lowest BCUT2D eigenvalue weighted by molar-refractivity contribution is 0.102. The number of nitrogens with two attached hydrogens (primary N) is 1. The zero-order valence-electron chi connectivity index (χ0n) is 19.2. The molecule has 4 aromatic rings. The SMILES string of the molecule is COc1ccc(C(=O)Nc2cnc(C(=N)/C=C(\NCc3ccccc3F)c3ccon3)nc2N)cc1. The van der Waals surface area contributed by atoms with Crippen molar-refractivity contribution in [3.8, 4) is 5.75 Å². The molecule has 5 N–H and O–H groups in total. The van der Waals surface area contributed by atoms with Crippen LogP contribution in [0.4, 0.5) is 15.9 Å². The van der Waals surface area contributed by atoms with E-state index in [0.29, 0.717) is 28.3 Å². The van der Waals surface area contributed by atoms with Crippen molar-refractivity contribution in [2.24, 2.45) is 0 Å². The molecule has 182 valence electrons. The molecule has 0 unspecified atom stereocenters. The minimum atomic E-state index is -0.402. The third-order valence-corrected chi connectivity index (χ3v) is 5.09. The summed E-state index contributed by atoms with van der Waals surface area (Å²) < 4.78 is 24.0. The van der Waals surface area contributed by atoms with E-state index in [1.165, 1.54) is 31.7 Å². The zero-order chi connectivity index (χ0) is 25.5. The molecule has 0 saturated heterocycles. The van der Waals surface area contributed by atoms with E-state index in [1.807, 2.05) is 0 Å². The van der Waals surface area contributed by atoms with Crippen molar-refractivity contribution in [2.45, 2.75) is 6.54 Å². The van der Waals surface area contributed by atoms with Gasteiger partial charge in [0.1, 0.15) is 34.9 Å². The van der Waals surface area contributed by atoms with Crippen LogP contribution in [0, 0.1) is 11.2 Å². The molecule has 0 atom stereocenters. The van der Waals surface area contributed by atoms with Crippen LogP contribution in [0.1, 0.15) is 27.4 Å². The van der Waals surface area contributed by atoms with Crippen molar-refractivity contribution in [1.82, 2.24) is 20.4 Å². The van der Waals surface area contributed by atoms with Gasteiger partial charge in [0, 0.05) is 23.7 Å². The summed E-state index contributed by atoms with van der Waals surface area (Å²) in [7, 11) is 1.54. The predicted octanol–water partition coefficient (Wildman–Crippen LogP) is 3.65. The van der Waals surface area contributed by atoms with Gasteiger partial charge < -0.3 is 25.6 Å². The summed E-state index contributed by atoms with van der Waals surface area (Å²) in [5.41, 5.74) is 7.78. The Bertz CT molecular complexity index is 1400. The fourth-order valence-electron chi connectivity index (χ4n) is 3.17. The van der Waals surface area contributed by atoms with Gasteiger partial charge in [-0.3, -0.25) is 10.2 Å². The monoisotopic (exact) mass is 487 g/mol. The maximum absolute atomic E-state index is 14.0. The Hall–Kier alpha value is -5.06. The third kappa shape index (κ3) is 5.70. The van der Waals surface area contributed by atoms with Crippen LogP contribution >= 0.6 is 0 Å². The van der Waals surface area contributed by atoms with Crippen LogP contribution in [0.15, 0.2) is 77.7 Å². The highest BCUT2D eigenvalue weighted by molar-refractivity contribution is 6.08. The highest BCUT2D eigenvalue weighted by atomic mass is 19.1. The minimum absolute atomic E-state index is 0.0117. The summed E-state index contributed by atoms with van der Waals surface area (Å²) >= 11 is 0. The van der Waals surface area contributed by atoms with E-state index in [-0.39, 0.29) is 35.4 Å². The van der Waals surface area contributed by atoms with Gasteiger partial charge in [0.25, 0.3) is 5.91 Å². The van der Waals surface area contributed by atoms with Gasteiger partial charge in [-0.25, -0.2) is 14.4 Å². The quantitative estimate of drug-likeness (QED) is 0.261. The summed E-state index contributed by atoms with van der Waals surface area (Å²) in [6.07, 6.45) is 4.14. The number of carbonyl (C=O) groups is 1. The number of nitrogens with one attached hydrogen (secondary N) is 3. The van der Waals surface area contributed by atoms with Crippen LogP contribution in [0.5, 0.6) is 5.75 Å². The first-order chi connectivity index (χ1) is 17.4. The van der Waals surface area contributed by atoms with Crippen LogP contribution in [0.2, 0.25) is 0 Å². The number of anilines is 2. The van der Waals surface area contributed by atoms with E-state index < -0.39 is 5.91 Å². The Morgan fingerprint density at radius 1 is 1.19 bits per heavy atom. The van der Waals surface area contributed by atoms with Gasteiger partial charge in [0.2, 0.25) is 0 Å². The molecule has 2 heterocycles. The zero-order valence-corrected chi connectivity index (χ0v) is 19.2. The van der Waals surface area contributed by atoms with Crippen LogP contribution in [-0.2, 0) is 6.54 Å². The highest BCUT2D eigenvalue weighted by Crippen LogP contribution is 2.18. The molecule has 0 radical (unpaired) electrons. The van der Waals surface area contributed by atoms with E-state index in [0.717, 1.165) is 0 Å². The van der Waals surface area contributed by atoms with E-state index >= 15 is 0 Å². The molecular formula is C25H22FN7O3. The van der Waals surface area contributed by atoms with E-state index in [4.69, 9.17) is 20.4 Å². The number of rotatable bonds is 9. The summed E-state index contributed by atoms with van der Waals surface area (Å²) in [5, 5.41) is 18.0. The Balaban J connectivity index is 1.50. The number of carbonyl (C=O) groups excluding carboxylic acids is 1. The molecule has 10 nitrogen and oxygen atoms in total. The van der Waals surface area contributed by atoms with E-state index in [1.54, 1.807) is 48.5 Å². The summed E-state index contributed by atoms with van der Waals surface area (Å²) in [4.78, 5) is 20.8. The van der Waals surface area contributed by atoms with Crippen LogP contribution < -0.4 is 21.1 Å². The maximum atomic E-state index is 14.0. The first kappa shape index (κ1) is 24.1. The largest absolute Gasteiger partial charge is 0.497 e. The molecule has 0 fully saturated rings. The van der Waals surface area contributed by atoms with Gasteiger partial charge in [-0.1, -0.05) is 23.4 Å². The second kappa shape index (κ2) is 10.9. The first-order valence-electron chi connectivity index (χ1n) is 10.7. The average molecular weight is 487 g/mol. The Morgan fingerprint density at radius 3 is 2.64 bits per heavy atom. The molecular weight excluding hydrogens is 465 g/mol. The number of aromatic nitrogens is 3. The molecule has 11 heteroatoms. The lowest BCUT2D eigenvalue weighted by atomic mass is 10.2. The Morgan fingerprint density at radius 2 is 1.97 bits per heavy atom. The highest BCUT2D eigenvalue weighted by Gasteiger charge is 2.14. The molecule has 0 saturated carbocycles. The number of ether oxygens (including phenoxy) is 1. The number of nitrogen functional groups attached to an aromatic ring is 1. The van der Waals surface area contributed by atoms with Gasteiger partial charge in [-0.15, -0.1) is 0 Å². The number of halogens is 1. The van der Waals surface area contributed by atoms with Gasteiger partial charge >= 0.3 is 0 Å². The molecule has 0 spiro atoms. The normalized spacial score (nSPS) is 11.1. The third-order valence-electron chi connectivity index (χ3n) is 5.09. The Labute approximate surface area is 205 Å². The molecule has 4 rings (SSSR count). The number of methoxy groups -OCH3 is 1. The van der Waals surface area contributed by atoms with Crippen molar-refractivity contribution in [2.75, 3.05) is 18.2 Å². The lowest BCUT2D eigenvalue weighted by Gasteiger charge is -2.11. The topological polar surface area (TPSA) is 152 Å². The minimum Gasteiger partial charge on any atom is -0.497 e. The van der Waals surface area contributed by atoms with E-state index in [9.17, 15) is 9.18 Å². The Kier molecular flexibility index (Phi) is 7.30. The molecule has 36 heavy (non-hydrogen) atoms. The van der Waals surface area contributed by atoms with Crippen molar-refractivity contribution < 1.29 is 18.4 Å². The molecule has 2 aromatic carbocycles. The van der Waals surface area contributed by atoms with Gasteiger partial charge in [-0.05, 0) is 36.4 Å². The molecule has 2 aromatic heterocycles. The molecule has 0 bridgehead atoms. The second-order valence-electron chi connectivity index (χ2n) is 7.48. The number of hydrogen-bond acceptors (Lipinski definition) is 9. The van der Waals surface area contributed by atoms with Crippen molar-refractivity contribution in [3.05, 3.63) is 102 Å². The standard InChI is InChI=1S/C25H22FN7O3/c1-35-17-8-6-15(7-9-17)25(34)31-22-14-30-24(32-23(22)28)19(27)12-21(20-10-11-36-33-20)29-13-16-4-2-3-5-18(16)26/h2-12,14,27,29H,13H2,1H3,(H,31,34)(H2,28,30,32)/b21-12-,27-19?. The summed E-state index contributed by atoms with van der Waals surface area (Å²) in [6, 6.07) is 14.5.